The predicted octanol–water partition coefficient (Wildman–Crippen LogP) is 0.834. The Labute approximate surface area is 161 Å². The lowest BCUT2D eigenvalue weighted by Gasteiger charge is -2.44. The van der Waals surface area contributed by atoms with Gasteiger partial charge in [0.2, 0.25) is 5.91 Å². The highest BCUT2D eigenvalue weighted by Gasteiger charge is 2.39. The van der Waals surface area contributed by atoms with Crippen molar-refractivity contribution < 1.29 is 4.79 Å². The van der Waals surface area contributed by atoms with Crippen LogP contribution in [0.4, 0.5) is 5.82 Å². The number of rotatable bonds is 2. The van der Waals surface area contributed by atoms with Crippen molar-refractivity contribution in [1.82, 2.24) is 30.0 Å². The lowest BCUT2D eigenvalue weighted by Crippen LogP contribution is -2.64. The van der Waals surface area contributed by atoms with Gasteiger partial charge in [-0.3, -0.25) is 24.7 Å². The number of nitrogens with one attached hydrogen (secondary N) is 1. The summed E-state index contributed by atoms with van der Waals surface area (Å²) in [7, 11) is 0. The normalized spacial score (nSPS) is 20.2. The molecule has 0 radical (unpaired) electrons. The smallest absolute Gasteiger partial charge is 0.247 e. The number of para-hydroxylation sites is 1. The molecule has 9 nitrogen and oxygen atoms in total. The number of benzene rings is 1. The molecule has 0 saturated carbocycles. The molecule has 2 fully saturated rings. The molecule has 0 aliphatic carbocycles. The Hall–Kier alpha value is -3.51. The number of carbonyl (C=O) groups is 1. The van der Waals surface area contributed by atoms with Gasteiger partial charge in [-0.15, -0.1) is 0 Å². The first-order valence-corrected chi connectivity index (χ1v) is 9.19. The quantitative estimate of drug-likeness (QED) is 0.663. The Balaban J connectivity index is 1.41. The number of aromatic nitrogens is 4. The second kappa shape index (κ2) is 6.58. The van der Waals surface area contributed by atoms with E-state index in [1.54, 1.807) is 28.4 Å². The first-order chi connectivity index (χ1) is 13.7. The molecular weight excluding hydrogens is 356 g/mol. The van der Waals surface area contributed by atoms with Crippen LogP contribution < -0.4 is 4.90 Å². The molecule has 2 aliphatic heterocycles. The number of H-pyrrole nitrogens is 1. The number of anilines is 1. The Morgan fingerprint density at radius 1 is 1.11 bits per heavy atom. The summed E-state index contributed by atoms with van der Waals surface area (Å²) < 4.78 is 0. The summed E-state index contributed by atoms with van der Waals surface area (Å²) in [4.78, 5) is 27.5. The largest absolute Gasteiger partial charge is 0.307 e. The van der Waals surface area contributed by atoms with Crippen molar-refractivity contribution in [3.05, 3.63) is 36.8 Å². The van der Waals surface area contributed by atoms with Gasteiger partial charge in [-0.25, -0.2) is 4.98 Å². The van der Waals surface area contributed by atoms with Gasteiger partial charge in [0.1, 0.15) is 6.04 Å². The van der Waals surface area contributed by atoms with Gasteiger partial charge < -0.3 is 4.90 Å². The van der Waals surface area contributed by atoms with Crippen LogP contribution >= 0.6 is 0 Å². The maximum absolute atomic E-state index is 13.0. The molecule has 2 aromatic heterocycles. The number of nitriles is 1. The van der Waals surface area contributed by atoms with Gasteiger partial charge in [-0.05, 0) is 0 Å². The summed E-state index contributed by atoms with van der Waals surface area (Å²) in [6, 6.07) is 5.60. The van der Waals surface area contributed by atoms with Crippen molar-refractivity contribution in [1.29, 1.82) is 5.26 Å². The molecule has 1 amide bonds. The van der Waals surface area contributed by atoms with Gasteiger partial charge in [0.25, 0.3) is 0 Å². The minimum atomic E-state index is -0.303. The standard InChI is InChI=1S/C19H18N8O/c20-12-25-4-5-26-6-7-27(19(28)16(26)11-25)17-10-21-15(9-22-17)14-3-1-2-13-8-23-24-18(13)14/h1-3,8-10,16H,4-7,11H2,(H,23,24). The SMILES string of the molecule is N#CN1CCN2CCN(c3cnc(-c4cccc5cn[nH]c45)cn3)C(=O)C2C1. The van der Waals surface area contributed by atoms with Crippen molar-refractivity contribution in [2.24, 2.45) is 0 Å². The van der Waals surface area contributed by atoms with Gasteiger partial charge in [-0.2, -0.15) is 10.4 Å². The maximum Gasteiger partial charge on any atom is 0.247 e. The third-order valence-corrected chi connectivity index (χ3v) is 5.46. The molecule has 3 aromatic rings. The molecule has 0 spiro atoms. The van der Waals surface area contributed by atoms with E-state index in [1.807, 2.05) is 18.2 Å². The Morgan fingerprint density at radius 2 is 2.00 bits per heavy atom. The third-order valence-electron chi connectivity index (χ3n) is 5.46. The zero-order valence-corrected chi connectivity index (χ0v) is 15.1. The molecule has 140 valence electrons. The molecule has 4 heterocycles. The predicted molar refractivity (Wildman–Crippen MR) is 102 cm³/mol. The number of fused-ring (bicyclic) bond motifs is 2. The van der Waals surface area contributed by atoms with E-state index in [4.69, 9.17) is 5.26 Å². The summed E-state index contributed by atoms with van der Waals surface area (Å²) >= 11 is 0. The highest BCUT2D eigenvalue weighted by molar-refractivity contribution is 5.97. The van der Waals surface area contributed by atoms with Crippen molar-refractivity contribution in [2.75, 3.05) is 37.6 Å². The second-order valence-corrected chi connectivity index (χ2v) is 6.99. The Bertz CT molecular complexity index is 1070. The summed E-state index contributed by atoms with van der Waals surface area (Å²) in [5, 5.41) is 17.2. The summed E-state index contributed by atoms with van der Waals surface area (Å²) in [5.74, 6) is 0.517. The molecule has 28 heavy (non-hydrogen) atoms. The van der Waals surface area contributed by atoms with Crippen LogP contribution in [-0.4, -0.2) is 74.6 Å². The molecule has 1 N–H and O–H groups in total. The van der Waals surface area contributed by atoms with Crippen LogP contribution in [0.25, 0.3) is 22.2 Å². The monoisotopic (exact) mass is 374 g/mol. The number of amides is 1. The zero-order valence-electron chi connectivity index (χ0n) is 15.1. The number of piperazine rings is 2. The number of nitrogens with zero attached hydrogens (tertiary/aromatic N) is 7. The topological polar surface area (TPSA) is 105 Å². The number of hydrogen-bond acceptors (Lipinski definition) is 7. The summed E-state index contributed by atoms with van der Waals surface area (Å²) in [5.41, 5.74) is 2.55. The third kappa shape index (κ3) is 2.66. The van der Waals surface area contributed by atoms with Gasteiger partial charge in [0, 0.05) is 37.1 Å². The van der Waals surface area contributed by atoms with E-state index in [9.17, 15) is 4.79 Å². The molecule has 1 atom stereocenters. The average molecular weight is 374 g/mol. The van der Waals surface area contributed by atoms with Crippen LogP contribution in [0.5, 0.6) is 0 Å². The van der Waals surface area contributed by atoms with Crippen molar-refractivity contribution in [2.45, 2.75) is 6.04 Å². The molecule has 9 heteroatoms. The van der Waals surface area contributed by atoms with Gasteiger partial charge in [0.05, 0.1) is 36.3 Å². The molecule has 5 rings (SSSR count). The molecular formula is C19H18N8O. The molecule has 1 unspecified atom stereocenters. The van der Waals surface area contributed by atoms with E-state index in [0.717, 1.165) is 35.2 Å². The number of carbonyl (C=O) groups excluding carboxylic acids is 1. The first-order valence-electron chi connectivity index (χ1n) is 9.19. The summed E-state index contributed by atoms with van der Waals surface area (Å²) in [6.45, 7) is 3.18. The fraction of sp³-hybridized carbons (Fsp3) is 0.316. The highest BCUT2D eigenvalue weighted by Crippen LogP contribution is 2.26. The van der Waals surface area contributed by atoms with Gasteiger partial charge in [0.15, 0.2) is 12.0 Å². The van der Waals surface area contributed by atoms with Crippen LogP contribution in [-0.2, 0) is 4.79 Å². The lowest BCUT2D eigenvalue weighted by molar-refractivity contribution is -0.127. The van der Waals surface area contributed by atoms with Crippen LogP contribution in [0.2, 0.25) is 0 Å². The van der Waals surface area contributed by atoms with Crippen LogP contribution in [0.1, 0.15) is 0 Å². The lowest BCUT2D eigenvalue weighted by atomic mass is 10.1. The van der Waals surface area contributed by atoms with Crippen LogP contribution in [0.15, 0.2) is 36.8 Å². The van der Waals surface area contributed by atoms with Gasteiger partial charge >= 0.3 is 0 Å². The zero-order chi connectivity index (χ0) is 19.1. The summed E-state index contributed by atoms with van der Waals surface area (Å²) in [6.07, 6.45) is 7.25. The second-order valence-electron chi connectivity index (χ2n) is 6.99. The van der Waals surface area contributed by atoms with Crippen LogP contribution in [0.3, 0.4) is 0 Å². The minimum absolute atomic E-state index is 0.0241. The fourth-order valence-electron chi connectivity index (χ4n) is 3.94. The van der Waals surface area contributed by atoms with Crippen LogP contribution in [0, 0.1) is 11.5 Å². The molecule has 1 aromatic carbocycles. The number of aromatic amines is 1. The van der Waals surface area contributed by atoms with E-state index >= 15 is 0 Å². The number of hydrogen-bond donors (Lipinski definition) is 1. The van der Waals surface area contributed by atoms with Crippen molar-refractivity contribution in [3.63, 3.8) is 0 Å². The Kier molecular flexibility index (Phi) is 3.91. The maximum atomic E-state index is 13.0. The Morgan fingerprint density at radius 3 is 2.82 bits per heavy atom. The highest BCUT2D eigenvalue weighted by atomic mass is 16.2. The van der Waals surface area contributed by atoms with E-state index in [0.29, 0.717) is 25.5 Å². The molecule has 2 aliphatic rings. The van der Waals surface area contributed by atoms with Crippen molar-refractivity contribution in [3.8, 4) is 17.5 Å². The van der Waals surface area contributed by atoms with E-state index in [-0.39, 0.29) is 11.9 Å². The first kappa shape index (κ1) is 16.6. The van der Waals surface area contributed by atoms with E-state index in [1.165, 1.54) is 0 Å². The van der Waals surface area contributed by atoms with Crippen molar-refractivity contribution >= 4 is 22.6 Å². The van der Waals surface area contributed by atoms with E-state index < -0.39 is 0 Å². The molecule has 0 bridgehead atoms. The average Bonchev–Trinajstić information content (AvgIpc) is 3.23. The minimum Gasteiger partial charge on any atom is -0.307 e. The van der Waals surface area contributed by atoms with Gasteiger partial charge in [-0.1, -0.05) is 18.2 Å². The fourth-order valence-corrected chi connectivity index (χ4v) is 3.94. The molecule has 2 saturated heterocycles. The van der Waals surface area contributed by atoms with E-state index in [2.05, 4.69) is 31.3 Å².